The van der Waals surface area contributed by atoms with E-state index in [0.717, 1.165) is 5.56 Å². The van der Waals surface area contributed by atoms with Gasteiger partial charge in [-0.3, -0.25) is 9.69 Å². The minimum Gasteiger partial charge on any atom is -0.481 e. The number of carboxylic acids is 1. The van der Waals surface area contributed by atoms with E-state index in [9.17, 15) is 9.59 Å². The van der Waals surface area contributed by atoms with Crippen LogP contribution in [0.2, 0.25) is 0 Å². The van der Waals surface area contributed by atoms with E-state index in [1.807, 2.05) is 18.2 Å². The molecule has 1 heterocycles. The Balaban J connectivity index is 2.16. The second kappa shape index (κ2) is 5.27. The van der Waals surface area contributed by atoms with E-state index in [-0.39, 0.29) is 12.0 Å². The van der Waals surface area contributed by atoms with Gasteiger partial charge in [0.1, 0.15) is 0 Å². The number of primary amides is 1. The van der Waals surface area contributed by atoms with Gasteiger partial charge in [-0.15, -0.1) is 0 Å². The first-order valence-corrected chi connectivity index (χ1v) is 6.08. The van der Waals surface area contributed by atoms with Gasteiger partial charge in [0, 0.05) is 25.3 Å². The molecule has 0 aliphatic carbocycles. The Morgan fingerprint density at radius 3 is 2.79 bits per heavy atom. The van der Waals surface area contributed by atoms with Crippen molar-refractivity contribution in [3.05, 3.63) is 29.8 Å². The highest BCUT2D eigenvalue weighted by Gasteiger charge is 2.30. The van der Waals surface area contributed by atoms with Gasteiger partial charge in [0.05, 0.1) is 5.92 Å². The topological polar surface area (TPSA) is 95.7 Å². The number of hydrogen-bond donors (Lipinski definition) is 3. The highest BCUT2D eigenvalue weighted by Crippen LogP contribution is 2.29. The van der Waals surface area contributed by atoms with Crippen molar-refractivity contribution in [2.75, 3.05) is 18.5 Å². The molecule has 1 fully saturated rings. The SMILES string of the molecule is CN(C(N)=O)c1cccc(C2CC(C(=O)O)CN2)c1. The Labute approximate surface area is 111 Å². The minimum atomic E-state index is -0.777. The Bertz CT molecular complexity index is 504. The number of amides is 2. The van der Waals surface area contributed by atoms with Crippen LogP contribution in [-0.2, 0) is 4.79 Å². The lowest BCUT2D eigenvalue weighted by Gasteiger charge is -2.17. The molecule has 0 spiro atoms. The summed E-state index contributed by atoms with van der Waals surface area (Å²) in [6, 6.07) is 6.87. The molecule has 0 bridgehead atoms. The maximum atomic E-state index is 11.1. The molecule has 2 atom stereocenters. The molecule has 6 nitrogen and oxygen atoms in total. The second-order valence-corrected chi connectivity index (χ2v) is 4.72. The molecule has 1 aliphatic heterocycles. The fraction of sp³-hybridized carbons (Fsp3) is 0.385. The quantitative estimate of drug-likeness (QED) is 0.756. The summed E-state index contributed by atoms with van der Waals surface area (Å²) in [7, 11) is 1.60. The van der Waals surface area contributed by atoms with Crippen LogP contribution in [0.3, 0.4) is 0 Å². The number of anilines is 1. The molecule has 2 amide bonds. The summed E-state index contributed by atoms with van der Waals surface area (Å²) in [4.78, 5) is 23.4. The first-order valence-electron chi connectivity index (χ1n) is 6.08. The molecule has 0 saturated carbocycles. The fourth-order valence-electron chi connectivity index (χ4n) is 2.26. The fourth-order valence-corrected chi connectivity index (χ4v) is 2.26. The molecular weight excluding hydrogens is 246 g/mol. The lowest BCUT2D eigenvalue weighted by atomic mass is 10.00. The molecule has 1 aromatic rings. The molecule has 1 aromatic carbocycles. The first-order chi connectivity index (χ1) is 8.99. The third-order valence-corrected chi connectivity index (χ3v) is 3.47. The van der Waals surface area contributed by atoms with E-state index in [2.05, 4.69) is 5.32 Å². The van der Waals surface area contributed by atoms with Gasteiger partial charge in [0.25, 0.3) is 0 Å². The van der Waals surface area contributed by atoms with Crippen LogP contribution in [-0.4, -0.2) is 30.7 Å². The summed E-state index contributed by atoms with van der Waals surface area (Å²) in [5, 5.41) is 12.2. The average Bonchev–Trinajstić information content (AvgIpc) is 2.87. The smallest absolute Gasteiger partial charge is 0.318 e. The van der Waals surface area contributed by atoms with Gasteiger partial charge in [0.2, 0.25) is 0 Å². The van der Waals surface area contributed by atoms with Crippen LogP contribution in [0.1, 0.15) is 18.0 Å². The number of aliphatic carboxylic acids is 1. The van der Waals surface area contributed by atoms with E-state index >= 15 is 0 Å². The molecule has 102 valence electrons. The van der Waals surface area contributed by atoms with Crippen molar-refractivity contribution in [1.82, 2.24) is 5.32 Å². The molecule has 0 aromatic heterocycles. The number of carbonyl (C=O) groups excluding carboxylic acids is 1. The van der Waals surface area contributed by atoms with Gasteiger partial charge in [-0.1, -0.05) is 12.1 Å². The van der Waals surface area contributed by atoms with Crippen LogP contribution in [0.15, 0.2) is 24.3 Å². The maximum absolute atomic E-state index is 11.1. The molecular formula is C13H17N3O3. The Kier molecular flexibility index (Phi) is 3.71. The van der Waals surface area contributed by atoms with Crippen LogP contribution in [0.5, 0.6) is 0 Å². The number of nitrogens with zero attached hydrogens (tertiary/aromatic N) is 1. The number of hydrogen-bond acceptors (Lipinski definition) is 3. The number of urea groups is 1. The van der Waals surface area contributed by atoms with Crippen LogP contribution in [0.4, 0.5) is 10.5 Å². The largest absolute Gasteiger partial charge is 0.481 e. The lowest BCUT2D eigenvalue weighted by molar-refractivity contribution is -0.141. The van der Waals surface area contributed by atoms with Crippen molar-refractivity contribution in [3.63, 3.8) is 0 Å². The Morgan fingerprint density at radius 2 is 2.21 bits per heavy atom. The summed E-state index contributed by atoms with van der Waals surface area (Å²) in [5.41, 5.74) is 6.89. The zero-order valence-electron chi connectivity index (χ0n) is 10.7. The average molecular weight is 263 g/mol. The van der Waals surface area contributed by atoms with Gasteiger partial charge in [-0.25, -0.2) is 4.79 Å². The third kappa shape index (κ3) is 2.85. The van der Waals surface area contributed by atoms with Crippen LogP contribution in [0.25, 0.3) is 0 Å². The molecule has 4 N–H and O–H groups in total. The highest BCUT2D eigenvalue weighted by atomic mass is 16.4. The van der Waals surface area contributed by atoms with Crippen molar-refractivity contribution in [1.29, 1.82) is 0 Å². The van der Waals surface area contributed by atoms with Crippen molar-refractivity contribution < 1.29 is 14.7 Å². The van der Waals surface area contributed by atoms with E-state index in [0.29, 0.717) is 18.7 Å². The number of nitrogens with two attached hydrogens (primary N) is 1. The van der Waals surface area contributed by atoms with Crippen LogP contribution < -0.4 is 16.0 Å². The van der Waals surface area contributed by atoms with Gasteiger partial charge in [0.15, 0.2) is 0 Å². The second-order valence-electron chi connectivity index (χ2n) is 4.72. The van der Waals surface area contributed by atoms with Crippen LogP contribution >= 0.6 is 0 Å². The molecule has 2 rings (SSSR count). The summed E-state index contributed by atoms with van der Waals surface area (Å²) < 4.78 is 0. The Morgan fingerprint density at radius 1 is 1.47 bits per heavy atom. The number of rotatable bonds is 3. The summed E-state index contributed by atoms with van der Waals surface area (Å²) in [6.45, 7) is 0.468. The number of carbonyl (C=O) groups is 2. The van der Waals surface area contributed by atoms with E-state index < -0.39 is 12.0 Å². The van der Waals surface area contributed by atoms with Crippen molar-refractivity contribution in [2.24, 2.45) is 11.7 Å². The monoisotopic (exact) mass is 263 g/mol. The minimum absolute atomic E-state index is 0.00215. The molecule has 1 saturated heterocycles. The van der Waals surface area contributed by atoms with E-state index in [1.54, 1.807) is 13.1 Å². The lowest BCUT2D eigenvalue weighted by Crippen LogP contribution is -2.31. The van der Waals surface area contributed by atoms with Gasteiger partial charge in [-0.2, -0.15) is 0 Å². The van der Waals surface area contributed by atoms with Gasteiger partial charge in [-0.05, 0) is 24.1 Å². The molecule has 2 unspecified atom stereocenters. The van der Waals surface area contributed by atoms with Gasteiger partial charge < -0.3 is 16.2 Å². The number of nitrogens with one attached hydrogen (secondary N) is 1. The Hall–Kier alpha value is -2.08. The van der Waals surface area contributed by atoms with Crippen LogP contribution in [0, 0.1) is 5.92 Å². The van der Waals surface area contributed by atoms with E-state index in [1.165, 1.54) is 4.90 Å². The molecule has 19 heavy (non-hydrogen) atoms. The zero-order chi connectivity index (χ0) is 14.0. The molecule has 6 heteroatoms. The zero-order valence-corrected chi connectivity index (χ0v) is 10.7. The predicted octanol–water partition coefficient (Wildman–Crippen LogP) is 0.937. The molecule has 0 radical (unpaired) electrons. The van der Waals surface area contributed by atoms with E-state index in [4.69, 9.17) is 10.8 Å². The van der Waals surface area contributed by atoms with Gasteiger partial charge >= 0.3 is 12.0 Å². The third-order valence-electron chi connectivity index (χ3n) is 3.47. The predicted molar refractivity (Wildman–Crippen MR) is 70.9 cm³/mol. The van der Waals surface area contributed by atoms with Crippen molar-refractivity contribution in [3.8, 4) is 0 Å². The van der Waals surface area contributed by atoms with Crippen molar-refractivity contribution in [2.45, 2.75) is 12.5 Å². The normalized spacial score (nSPS) is 22.2. The summed E-state index contributed by atoms with van der Waals surface area (Å²) in [5.74, 6) is -1.14. The first kappa shape index (κ1) is 13.4. The summed E-state index contributed by atoms with van der Waals surface area (Å²) >= 11 is 0. The maximum Gasteiger partial charge on any atom is 0.318 e. The number of benzene rings is 1. The standard InChI is InChI=1S/C13H17N3O3/c1-16(13(14)19)10-4-2-3-8(5-10)11-6-9(7-15-11)12(17)18/h2-5,9,11,15H,6-7H2,1H3,(H2,14,19)(H,17,18). The molecule has 1 aliphatic rings. The highest BCUT2D eigenvalue weighted by molar-refractivity contribution is 5.90. The number of carboxylic acid groups (broad SMARTS) is 1. The van der Waals surface area contributed by atoms with Crippen molar-refractivity contribution >= 4 is 17.7 Å². The summed E-state index contributed by atoms with van der Waals surface area (Å²) in [6.07, 6.45) is 0.555.